The molecular formula is C45H52Br2O6P2. The molecule has 0 radical (unpaired) electrons. The molecule has 6 aromatic rings. The first-order chi connectivity index (χ1) is 26.0. The van der Waals surface area contributed by atoms with Crippen LogP contribution in [0.15, 0.2) is 146 Å². The van der Waals surface area contributed by atoms with Gasteiger partial charge in [0, 0.05) is 0 Å². The van der Waals surface area contributed by atoms with Gasteiger partial charge >= 0.3 is 316 Å². The minimum absolute atomic E-state index is 0. The van der Waals surface area contributed by atoms with Gasteiger partial charge in [0.15, 0.2) is 0 Å². The number of hydrogen-bond acceptors (Lipinski definition) is 6. The van der Waals surface area contributed by atoms with E-state index in [9.17, 15) is 0 Å². The summed E-state index contributed by atoms with van der Waals surface area (Å²) in [6, 6.07) is 50.9. The van der Waals surface area contributed by atoms with E-state index in [0.717, 1.165) is 72.7 Å². The molecule has 0 aliphatic heterocycles. The van der Waals surface area contributed by atoms with Crippen LogP contribution in [-0.2, 0) is 0 Å². The van der Waals surface area contributed by atoms with E-state index in [1.807, 2.05) is 36.4 Å². The molecule has 0 aliphatic rings. The summed E-state index contributed by atoms with van der Waals surface area (Å²) in [5.74, 6) is 4.82. The molecule has 292 valence electrons. The van der Waals surface area contributed by atoms with Crippen molar-refractivity contribution in [2.24, 2.45) is 0 Å². The molecule has 0 aromatic heterocycles. The molecule has 0 bridgehead atoms. The number of para-hydroxylation sites is 6. The van der Waals surface area contributed by atoms with Crippen LogP contribution in [0.1, 0.15) is 13.3 Å². The number of hydrogen-bond donors (Lipinski definition) is 0. The van der Waals surface area contributed by atoms with E-state index < -0.39 is 14.5 Å². The van der Waals surface area contributed by atoms with Crippen LogP contribution in [0, 0.1) is 0 Å². The van der Waals surface area contributed by atoms with E-state index >= 15 is 0 Å². The average molecular weight is 911 g/mol. The molecule has 6 nitrogen and oxygen atoms in total. The summed E-state index contributed by atoms with van der Waals surface area (Å²) in [5.41, 5.74) is 0. The van der Waals surface area contributed by atoms with Crippen LogP contribution in [-0.4, -0.2) is 48.1 Å². The second-order valence-electron chi connectivity index (χ2n) is 12.8. The van der Waals surface area contributed by atoms with Crippen molar-refractivity contribution in [3.05, 3.63) is 146 Å². The molecule has 0 atom stereocenters. The van der Waals surface area contributed by atoms with Crippen molar-refractivity contribution in [1.29, 1.82) is 0 Å². The first kappa shape index (κ1) is 43.7. The molecular weight excluding hydrogens is 858 g/mol. The zero-order valence-electron chi connectivity index (χ0n) is 32.4. The Balaban J connectivity index is 0.00000336. The molecule has 0 spiro atoms. The van der Waals surface area contributed by atoms with Gasteiger partial charge in [-0.15, -0.1) is 34.0 Å². The third-order valence-electron chi connectivity index (χ3n) is 10.6. The second kappa shape index (κ2) is 19.7. The number of ether oxygens (including phenoxy) is 6. The Morgan fingerprint density at radius 3 is 0.636 bits per heavy atom. The molecule has 0 saturated carbocycles. The van der Waals surface area contributed by atoms with Crippen molar-refractivity contribution in [1.82, 2.24) is 0 Å². The monoisotopic (exact) mass is 908 g/mol. The summed E-state index contributed by atoms with van der Waals surface area (Å²) in [4.78, 5) is 0. The Labute approximate surface area is 348 Å². The summed E-state index contributed by atoms with van der Waals surface area (Å²) in [6.07, 6.45) is 0.751. The molecule has 10 heteroatoms. The average Bonchev–Trinajstić information content (AvgIpc) is 3.24. The molecule has 0 fully saturated rings. The van der Waals surface area contributed by atoms with Crippen molar-refractivity contribution < 1.29 is 28.4 Å². The van der Waals surface area contributed by atoms with E-state index in [1.54, 1.807) is 42.7 Å². The van der Waals surface area contributed by atoms with E-state index in [-0.39, 0.29) is 39.4 Å². The summed E-state index contributed by atoms with van der Waals surface area (Å²) in [5, 5.41) is 6.54. The summed E-state index contributed by atoms with van der Waals surface area (Å²) < 4.78 is 38.4. The van der Waals surface area contributed by atoms with Crippen molar-refractivity contribution in [3.8, 4) is 34.5 Å². The van der Waals surface area contributed by atoms with Gasteiger partial charge in [-0.25, -0.2) is 0 Å². The van der Waals surface area contributed by atoms with Crippen LogP contribution in [0.25, 0.3) is 0 Å². The van der Waals surface area contributed by atoms with Gasteiger partial charge in [-0.1, -0.05) is 0 Å². The van der Waals surface area contributed by atoms with Gasteiger partial charge in [-0.2, -0.15) is 0 Å². The standard InChI is InChI=1S/C45H50O6P2.2BrH/c1-8-45(52(39-27-15-9-21-33(39)46-2,40-28-16-10-22-34(40)47-3)41-29-17-11-23-35(41)48-4)53(42-30-18-12-24-36(42)49-5,43-31-19-13-25-37(43)50-6)44-32-20-14-26-38(44)51-7;;/h9-32,45,52-53H,8H2,1-7H3;2*1H. The van der Waals surface area contributed by atoms with Crippen LogP contribution in [0.5, 0.6) is 34.5 Å². The number of benzene rings is 6. The van der Waals surface area contributed by atoms with Gasteiger partial charge in [0.1, 0.15) is 0 Å². The molecule has 0 unspecified atom stereocenters. The normalized spacial score (nSPS) is 12.2. The van der Waals surface area contributed by atoms with Crippen LogP contribution < -0.4 is 60.2 Å². The quantitative estimate of drug-likeness (QED) is 0.0967. The third kappa shape index (κ3) is 7.47. The van der Waals surface area contributed by atoms with Crippen molar-refractivity contribution in [2.45, 2.75) is 18.7 Å². The maximum absolute atomic E-state index is 6.39. The first-order valence-corrected chi connectivity index (χ1v) is 22.0. The van der Waals surface area contributed by atoms with Gasteiger partial charge in [0.05, 0.1) is 0 Å². The van der Waals surface area contributed by atoms with Crippen LogP contribution in [0.4, 0.5) is 0 Å². The van der Waals surface area contributed by atoms with Gasteiger partial charge < -0.3 is 0 Å². The molecule has 55 heavy (non-hydrogen) atoms. The Hall–Kier alpha value is -4.06. The molecule has 0 saturated heterocycles. The van der Waals surface area contributed by atoms with Gasteiger partial charge in [-0.05, 0) is 0 Å². The predicted molar refractivity (Wildman–Crippen MR) is 247 cm³/mol. The molecule has 0 N–H and O–H groups in total. The number of methoxy groups -OCH3 is 6. The van der Waals surface area contributed by atoms with Crippen LogP contribution in [0.3, 0.4) is 0 Å². The van der Waals surface area contributed by atoms with Crippen LogP contribution >= 0.6 is 48.5 Å². The van der Waals surface area contributed by atoms with E-state index in [0.29, 0.717) is 0 Å². The maximum atomic E-state index is 6.39. The molecule has 6 rings (SSSR count). The third-order valence-corrected chi connectivity index (χ3v) is 23.7. The Morgan fingerprint density at radius 1 is 0.327 bits per heavy atom. The first-order valence-electron chi connectivity index (χ1n) is 17.8. The SMILES string of the molecule is Br.Br.CCC([PH](c1ccccc1OC)(c1ccccc1OC)c1ccccc1OC)[PH](c1ccccc1OC)(c1ccccc1OC)c1ccccc1OC. The zero-order chi connectivity index (χ0) is 37.4. The zero-order valence-corrected chi connectivity index (χ0v) is 37.8. The Morgan fingerprint density at radius 2 is 0.491 bits per heavy atom. The van der Waals surface area contributed by atoms with E-state index in [1.165, 1.54) is 0 Å². The summed E-state index contributed by atoms with van der Waals surface area (Å²) >= 11 is 0. The Kier molecular flexibility index (Phi) is 15.6. The Bertz CT molecular complexity index is 1780. The second-order valence-corrected chi connectivity index (χ2v) is 21.2. The van der Waals surface area contributed by atoms with Gasteiger partial charge in [0.25, 0.3) is 0 Å². The minimum atomic E-state index is -3.52. The summed E-state index contributed by atoms with van der Waals surface area (Å²) in [6.45, 7) is 2.31. The topological polar surface area (TPSA) is 55.4 Å². The van der Waals surface area contributed by atoms with E-state index in [2.05, 4.69) is 116 Å². The van der Waals surface area contributed by atoms with Crippen molar-refractivity contribution in [3.63, 3.8) is 0 Å². The number of halogens is 2. The molecule has 0 aliphatic carbocycles. The number of rotatable bonds is 15. The van der Waals surface area contributed by atoms with E-state index in [4.69, 9.17) is 28.4 Å². The fourth-order valence-corrected chi connectivity index (χ4v) is 25.0. The fraction of sp³-hybridized carbons (Fsp3) is 0.200. The van der Waals surface area contributed by atoms with Crippen molar-refractivity contribution >= 4 is 80.3 Å². The predicted octanol–water partition coefficient (Wildman–Crippen LogP) is 8.38. The molecule has 0 heterocycles. The van der Waals surface area contributed by atoms with Crippen molar-refractivity contribution in [2.75, 3.05) is 42.7 Å². The molecule has 0 amide bonds. The fourth-order valence-electron chi connectivity index (χ4n) is 8.76. The molecule has 6 aromatic carbocycles. The van der Waals surface area contributed by atoms with Gasteiger partial charge in [0.2, 0.25) is 0 Å². The van der Waals surface area contributed by atoms with Crippen LogP contribution in [0.2, 0.25) is 0 Å². The van der Waals surface area contributed by atoms with Gasteiger partial charge in [-0.3, -0.25) is 0 Å². The summed E-state index contributed by atoms with van der Waals surface area (Å²) in [7, 11) is 3.51.